The van der Waals surface area contributed by atoms with E-state index in [1.54, 1.807) is 7.11 Å². The van der Waals surface area contributed by atoms with Crippen molar-refractivity contribution in [2.75, 3.05) is 140 Å². The van der Waals surface area contributed by atoms with Crippen LogP contribution in [0.1, 0.15) is 26.2 Å². The second-order valence-corrected chi connectivity index (χ2v) is 8.75. The Bertz CT molecular complexity index is 340. The molecule has 0 amide bonds. The highest BCUT2D eigenvalue weighted by molar-refractivity contribution is 4.61. The predicted molar refractivity (Wildman–Crippen MR) is 155 cm³/mol. The lowest BCUT2D eigenvalue weighted by molar-refractivity contribution is 0.0394. The monoisotopic (exact) mass is 525 g/mol. The van der Waals surface area contributed by atoms with Crippen LogP contribution in [0.5, 0.6) is 0 Å². The van der Waals surface area contributed by atoms with Gasteiger partial charge in [0.2, 0.25) is 0 Å². The first-order valence-electron chi connectivity index (χ1n) is 13.6. The third kappa shape index (κ3) is 40.7. The van der Waals surface area contributed by atoms with Crippen LogP contribution < -0.4 is 28.3 Å². The lowest BCUT2D eigenvalue weighted by atomic mass is 10.1. The first-order valence-corrected chi connectivity index (χ1v) is 13.6. The quantitative estimate of drug-likeness (QED) is 0.292. The first kappa shape index (κ1) is 40.1. The van der Waals surface area contributed by atoms with Gasteiger partial charge in [-0.05, 0) is 53.6 Å². The number of ether oxygens (including phenoxy) is 3. The number of rotatable bonds is 6. The molecule has 36 heavy (non-hydrogen) atoms. The Morgan fingerprint density at radius 2 is 1.33 bits per heavy atom. The van der Waals surface area contributed by atoms with Crippen molar-refractivity contribution in [3.63, 3.8) is 0 Å². The van der Waals surface area contributed by atoms with Gasteiger partial charge in [0, 0.05) is 66.0 Å². The van der Waals surface area contributed by atoms with Crippen molar-refractivity contribution in [3.8, 4) is 0 Å². The largest absolute Gasteiger partial charge is 0.383 e. The second kappa shape index (κ2) is 36.7. The Morgan fingerprint density at radius 3 is 1.56 bits per heavy atom. The standard InChI is InChI=1S/C6H14N2O.C6H13N.C4H12N2.C4H9NO.C3H9NO.C2H7N/c7-1-2-8-3-5-9-6-4-8;1-7-5-3-2-4-6-7;1-6(2)4-3-5;1-3-6-4-2-5-1;1-5-3-2-4;1-2-3/h1-7H2;2-6H2,1H3;3-5H2,1-2H3;5H,1-4H2;2-4H2,1H3;2-3H2,1H3. The fourth-order valence-electron chi connectivity index (χ4n) is 2.95. The van der Waals surface area contributed by atoms with E-state index < -0.39 is 0 Å². The maximum Gasteiger partial charge on any atom is 0.0594 e. The lowest BCUT2D eigenvalue weighted by Crippen LogP contribution is -2.39. The molecular formula is C25H64N8O3. The van der Waals surface area contributed by atoms with Crippen LogP contribution in [0.4, 0.5) is 0 Å². The molecule has 3 aliphatic rings. The van der Waals surface area contributed by atoms with Crippen molar-refractivity contribution in [2.45, 2.75) is 26.2 Å². The van der Waals surface area contributed by atoms with Gasteiger partial charge in [0.25, 0.3) is 0 Å². The highest BCUT2D eigenvalue weighted by Gasteiger charge is 2.07. The molecule has 0 aliphatic carbocycles. The first-order chi connectivity index (χ1) is 17.4. The molecular weight excluding hydrogens is 460 g/mol. The summed E-state index contributed by atoms with van der Waals surface area (Å²) in [5.74, 6) is 0. The van der Waals surface area contributed by atoms with E-state index in [4.69, 9.17) is 32.4 Å². The summed E-state index contributed by atoms with van der Waals surface area (Å²) >= 11 is 0. The topological polar surface area (TPSA) is 154 Å². The summed E-state index contributed by atoms with van der Waals surface area (Å²) in [6.45, 7) is 17.8. The fourth-order valence-corrected chi connectivity index (χ4v) is 2.95. The van der Waals surface area contributed by atoms with Crippen LogP contribution in [0.25, 0.3) is 0 Å². The molecule has 9 N–H and O–H groups in total. The number of likely N-dealkylation sites (N-methyl/N-ethyl adjacent to an activating group) is 1. The highest BCUT2D eigenvalue weighted by atomic mass is 16.5. The van der Waals surface area contributed by atoms with Crippen molar-refractivity contribution in [2.24, 2.45) is 22.9 Å². The van der Waals surface area contributed by atoms with E-state index in [1.165, 1.54) is 32.4 Å². The van der Waals surface area contributed by atoms with Crippen LogP contribution in [0.3, 0.4) is 0 Å². The molecule has 0 aromatic carbocycles. The van der Waals surface area contributed by atoms with Gasteiger partial charge in [-0.25, -0.2) is 0 Å². The van der Waals surface area contributed by atoms with Crippen LogP contribution in [0.2, 0.25) is 0 Å². The van der Waals surface area contributed by atoms with E-state index in [1.807, 2.05) is 21.0 Å². The Morgan fingerprint density at radius 1 is 0.806 bits per heavy atom. The minimum Gasteiger partial charge on any atom is -0.383 e. The van der Waals surface area contributed by atoms with Crippen molar-refractivity contribution in [1.29, 1.82) is 0 Å². The van der Waals surface area contributed by atoms with E-state index in [0.29, 0.717) is 13.2 Å². The summed E-state index contributed by atoms with van der Waals surface area (Å²) in [5, 5.41) is 3.16. The molecule has 3 rings (SSSR count). The van der Waals surface area contributed by atoms with Gasteiger partial charge in [0.1, 0.15) is 0 Å². The van der Waals surface area contributed by atoms with Crippen LogP contribution in [-0.2, 0) is 14.2 Å². The fraction of sp³-hybridized carbons (Fsp3) is 1.00. The molecule has 3 fully saturated rings. The molecule has 0 saturated carbocycles. The third-order valence-corrected chi connectivity index (χ3v) is 4.87. The summed E-state index contributed by atoms with van der Waals surface area (Å²) in [7, 11) is 7.84. The molecule has 0 aromatic rings. The number of methoxy groups -OCH3 is 1. The summed E-state index contributed by atoms with van der Waals surface area (Å²) < 4.78 is 14.7. The Hall–Kier alpha value is -0.440. The molecule has 3 aliphatic heterocycles. The molecule has 11 nitrogen and oxygen atoms in total. The number of nitrogens with two attached hydrogens (primary N) is 4. The zero-order chi connectivity index (χ0) is 27.7. The Labute approximate surface area is 223 Å². The smallest absolute Gasteiger partial charge is 0.0594 e. The van der Waals surface area contributed by atoms with Crippen molar-refractivity contribution < 1.29 is 14.2 Å². The predicted octanol–water partition coefficient (Wildman–Crippen LogP) is -0.951. The lowest BCUT2D eigenvalue weighted by Gasteiger charge is -2.25. The Balaban J connectivity index is -0.000000373. The number of likely N-dealkylation sites (tertiary alicyclic amines) is 1. The van der Waals surface area contributed by atoms with Crippen molar-refractivity contribution in [1.82, 2.24) is 20.0 Å². The van der Waals surface area contributed by atoms with Crippen molar-refractivity contribution >= 4 is 0 Å². The summed E-state index contributed by atoms with van der Waals surface area (Å²) in [6.07, 6.45) is 4.28. The number of morpholine rings is 2. The van der Waals surface area contributed by atoms with Gasteiger partial charge < -0.3 is 52.3 Å². The van der Waals surface area contributed by atoms with Gasteiger partial charge in [0.15, 0.2) is 0 Å². The molecule has 222 valence electrons. The molecule has 0 radical (unpaired) electrons. The molecule has 11 heteroatoms. The van der Waals surface area contributed by atoms with E-state index in [0.717, 1.165) is 85.3 Å². The molecule has 0 aromatic heterocycles. The average Bonchev–Trinajstić information content (AvgIpc) is 2.89. The molecule has 3 saturated heterocycles. The molecule has 0 spiro atoms. The van der Waals surface area contributed by atoms with Gasteiger partial charge in [-0.3, -0.25) is 4.90 Å². The minimum atomic E-state index is 0.622. The van der Waals surface area contributed by atoms with Crippen molar-refractivity contribution in [3.05, 3.63) is 0 Å². The molecule has 0 atom stereocenters. The normalized spacial score (nSPS) is 17.8. The summed E-state index contributed by atoms with van der Waals surface area (Å²) in [6, 6.07) is 0. The molecule has 0 bridgehead atoms. The summed E-state index contributed by atoms with van der Waals surface area (Å²) in [5.41, 5.74) is 20.4. The van der Waals surface area contributed by atoms with Crippen LogP contribution in [0.15, 0.2) is 0 Å². The maximum absolute atomic E-state index is 5.38. The third-order valence-electron chi connectivity index (χ3n) is 4.87. The zero-order valence-corrected chi connectivity index (χ0v) is 24.5. The SMILES string of the molecule is C1COCCN1.CCN.CN(C)CCN.CN1CCCCC1.COCCN.NCCN1CCOCC1. The van der Waals surface area contributed by atoms with Crippen LogP contribution >= 0.6 is 0 Å². The van der Waals surface area contributed by atoms with Gasteiger partial charge in [-0.15, -0.1) is 0 Å². The molecule has 3 heterocycles. The van der Waals surface area contributed by atoms with Gasteiger partial charge in [-0.1, -0.05) is 13.3 Å². The molecule has 0 unspecified atom stereocenters. The second-order valence-electron chi connectivity index (χ2n) is 8.75. The van der Waals surface area contributed by atoms with Crippen LogP contribution in [0, 0.1) is 0 Å². The maximum atomic E-state index is 5.38. The number of nitrogens with zero attached hydrogens (tertiary/aromatic N) is 3. The highest BCUT2D eigenvalue weighted by Crippen LogP contribution is 2.04. The Kier molecular flexibility index (Phi) is 40.9. The van der Waals surface area contributed by atoms with E-state index in [2.05, 4.69) is 31.8 Å². The minimum absolute atomic E-state index is 0.622. The van der Waals surface area contributed by atoms with Gasteiger partial charge in [0.05, 0.1) is 33.0 Å². The van der Waals surface area contributed by atoms with Gasteiger partial charge in [-0.2, -0.15) is 0 Å². The van der Waals surface area contributed by atoms with E-state index in [-0.39, 0.29) is 0 Å². The van der Waals surface area contributed by atoms with E-state index in [9.17, 15) is 0 Å². The number of nitrogens with one attached hydrogen (secondary N) is 1. The number of piperidine rings is 1. The number of hydrogen-bond acceptors (Lipinski definition) is 11. The summed E-state index contributed by atoms with van der Waals surface area (Å²) in [4.78, 5) is 6.77. The average molecular weight is 525 g/mol. The van der Waals surface area contributed by atoms with E-state index >= 15 is 0 Å². The van der Waals surface area contributed by atoms with Gasteiger partial charge >= 0.3 is 0 Å². The van der Waals surface area contributed by atoms with Crippen LogP contribution in [-0.4, -0.2) is 155 Å². The zero-order valence-electron chi connectivity index (χ0n) is 24.5. The number of hydrogen-bond donors (Lipinski definition) is 5.